The Morgan fingerprint density at radius 3 is 2.67 bits per heavy atom. The normalized spacial score (nSPS) is 41.9. The minimum absolute atomic E-state index is 0.0596. The largest absolute Gasteiger partial charge is 0.380 e. The minimum atomic E-state index is -0.0596. The maximum atomic E-state index is 13.1. The first-order valence-corrected chi connectivity index (χ1v) is 12.1. The van der Waals surface area contributed by atoms with Gasteiger partial charge in [-0.05, 0) is 70.8 Å². The highest BCUT2D eigenvalue weighted by Crippen LogP contribution is 2.47. The molecule has 0 aromatic carbocycles. The average molecular weight is 421 g/mol. The van der Waals surface area contributed by atoms with Gasteiger partial charge in [-0.2, -0.15) is 0 Å². The van der Waals surface area contributed by atoms with E-state index in [-0.39, 0.29) is 17.4 Å². The highest BCUT2D eigenvalue weighted by atomic mass is 16.5. The van der Waals surface area contributed by atoms with Gasteiger partial charge in [-0.3, -0.25) is 20.3 Å². The van der Waals surface area contributed by atoms with Gasteiger partial charge in [0.05, 0.1) is 38.3 Å². The topological polar surface area (TPSA) is 89.7 Å². The molecule has 5 aliphatic rings. The van der Waals surface area contributed by atoms with Gasteiger partial charge in [0, 0.05) is 17.5 Å². The molecular formula is C22H40N6O2. The lowest BCUT2D eigenvalue weighted by Gasteiger charge is -2.51. The van der Waals surface area contributed by atoms with Gasteiger partial charge in [0.2, 0.25) is 5.91 Å². The number of hydrazine groups is 1. The molecule has 8 nitrogen and oxygen atoms in total. The molecule has 3 saturated heterocycles. The summed E-state index contributed by atoms with van der Waals surface area (Å²) < 4.78 is 5.73. The molecule has 8 heteroatoms. The summed E-state index contributed by atoms with van der Waals surface area (Å²) in [4.78, 5) is 15.4. The van der Waals surface area contributed by atoms with Crippen molar-refractivity contribution in [3.05, 3.63) is 0 Å². The van der Waals surface area contributed by atoms with Gasteiger partial charge in [-0.15, -0.1) is 0 Å². The lowest BCUT2D eigenvalue weighted by Crippen LogP contribution is -2.63. The van der Waals surface area contributed by atoms with E-state index in [0.717, 1.165) is 45.6 Å². The third kappa shape index (κ3) is 4.40. The first kappa shape index (κ1) is 21.1. The van der Waals surface area contributed by atoms with Crippen LogP contribution in [-0.2, 0) is 9.53 Å². The molecule has 0 spiro atoms. The monoisotopic (exact) mass is 420 g/mol. The number of hydrogen-bond donors (Lipinski definition) is 5. The van der Waals surface area contributed by atoms with Crippen LogP contribution < -0.4 is 26.8 Å². The second-order valence-corrected chi connectivity index (χ2v) is 10.7. The predicted molar refractivity (Wildman–Crippen MR) is 115 cm³/mol. The van der Waals surface area contributed by atoms with Crippen LogP contribution in [0.4, 0.5) is 0 Å². The van der Waals surface area contributed by atoms with Gasteiger partial charge >= 0.3 is 0 Å². The number of hydrogen-bond acceptors (Lipinski definition) is 7. The zero-order chi connectivity index (χ0) is 20.7. The van der Waals surface area contributed by atoms with Gasteiger partial charge in [-0.1, -0.05) is 6.42 Å². The Labute approximate surface area is 180 Å². The summed E-state index contributed by atoms with van der Waals surface area (Å²) in [5.41, 5.74) is 6.92. The molecule has 5 fully saturated rings. The Hall–Kier alpha value is -0.770. The van der Waals surface area contributed by atoms with E-state index in [1.54, 1.807) is 0 Å². The maximum Gasteiger partial charge on any atom is 0.237 e. The molecule has 5 rings (SSSR count). The standard InChI is InChI=1S/C22H40N6O2/c1-14-8-18(26-20(24-14)15-6-7-15)21(29)25-17-5-3-4-16(9-17)22(11-30-12-22)10-19-27-23-13-28(19)2/h14-20,23-24,26-27H,3-13H2,1-2H3,(H,25,29). The predicted octanol–water partition coefficient (Wildman–Crippen LogP) is 0.467. The second kappa shape index (κ2) is 8.64. The molecule has 3 heterocycles. The van der Waals surface area contributed by atoms with Crippen LogP contribution in [0, 0.1) is 17.3 Å². The van der Waals surface area contributed by atoms with Crippen LogP contribution in [0.15, 0.2) is 0 Å². The molecule has 5 N–H and O–H groups in total. The number of ether oxygens (including phenoxy) is 1. The van der Waals surface area contributed by atoms with E-state index in [4.69, 9.17) is 4.74 Å². The van der Waals surface area contributed by atoms with Gasteiger partial charge in [0.25, 0.3) is 0 Å². The van der Waals surface area contributed by atoms with E-state index in [9.17, 15) is 4.79 Å². The molecule has 3 aliphatic heterocycles. The molecule has 2 saturated carbocycles. The number of nitrogens with zero attached hydrogens (tertiary/aromatic N) is 1. The van der Waals surface area contributed by atoms with Crippen LogP contribution in [0.5, 0.6) is 0 Å². The summed E-state index contributed by atoms with van der Waals surface area (Å²) in [6.07, 6.45) is 9.86. The van der Waals surface area contributed by atoms with E-state index in [1.807, 2.05) is 0 Å². The summed E-state index contributed by atoms with van der Waals surface area (Å²) in [6.45, 7) is 4.81. The molecule has 30 heavy (non-hydrogen) atoms. The fraction of sp³-hybridized carbons (Fsp3) is 0.955. The van der Waals surface area contributed by atoms with E-state index in [0.29, 0.717) is 36.3 Å². The van der Waals surface area contributed by atoms with Crippen molar-refractivity contribution in [2.45, 2.75) is 88.7 Å². The number of carbonyl (C=O) groups is 1. The van der Waals surface area contributed by atoms with Crippen molar-refractivity contribution in [2.24, 2.45) is 17.3 Å². The van der Waals surface area contributed by atoms with Crippen LogP contribution in [0.2, 0.25) is 0 Å². The molecule has 2 aliphatic carbocycles. The van der Waals surface area contributed by atoms with Crippen molar-refractivity contribution in [1.29, 1.82) is 0 Å². The van der Waals surface area contributed by atoms with Crippen molar-refractivity contribution in [1.82, 2.24) is 31.7 Å². The summed E-state index contributed by atoms with van der Waals surface area (Å²) in [7, 11) is 2.16. The SMILES string of the molecule is CC1CC(C(=O)NC2CCCC(C3(CC4NNCN4C)COC3)C2)NC(C2CC2)N1. The molecule has 170 valence electrons. The second-order valence-electron chi connectivity index (χ2n) is 10.7. The van der Waals surface area contributed by atoms with E-state index in [2.05, 4.69) is 45.7 Å². The number of amides is 1. The van der Waals surface area contributed by atoms with Crippen molar-refractivity contribution in [3.63, 3.8) is 0 Å². The van der Waals surface area contributed by atoms with E-state index < -0.39 is 0 Å². The van der Waals surface area contributed by atoms with Gasteiger partial charge < -0.3 is 10.1 Å². The zero-order valence-corrected chi connectivity index (χ0v) is 18.6. The lowest BCUT2D eigenvalue weighted by atomic mass is 9.64. The smallest absolute Gasteiger partial charge is 0.237 e. The molecule has 6 unspecified atom stereocenters. The molecule has 0 radical (unpaired) electrons. The van der Waals surface area contributed by atoms with Gasteiger partial charge in [0.15, 0.2) is 0 Å². The summed E-state index contributed by atoms with van der Waals surface area (Å²) in [5.74, 6) is 1.54. The quantitative estimate of drug-likeness (QED) is 0.427. The molecule has 0 bridgehead atoms. The third-order valence-electron chi connectivity index (χ3n) is 8.24. The number of carbonyl (C=O) groups excluding carboxylic acids is 1. The van der Waals surface area contributed by atoms with Gasteiger partial charge in [-0.25, -0.2) is 10.9 Å². The fourth-order valence-corrected chi connectivity index (χ4v) is 6.11. The van der Waals surface area contributed by atoms with Crippen molar-refractivity contribution in [3.8, 4) is 0 Å². The Balaban J connectivity index is 1.17. The average Bonchev–Trinajstić information content (AvgIpc) is 3.47. The van der Waals surface area contributed by atoms with Crippen molar-refractivity contribution in [2.75, 3.05) is 26.9 Å². The van der Waals surface area contributed by atoms with E-state index >= 15 is 0 Å². The van der Waals surface area contributed by atoms with Crippen LogP contribution in [0.25, 0.3) is 0 Å². The molecule has 0 aromatic heterocycles. The van der Waals surface area contributed by atoms with Crippen LogP contribution in [0.3, 0.4) is 0 Å². The minimum Gasteiger partial charge on any atom is -0.380 e. The molecule has 0 aromatic rings. The Bertz CT molecular complexity index is 625. The number of rotatable bonds is 6. The zero-order valence-electron chi connectivity index (χ0n) is 18.6. The first-order valence-electron chi connectivity index (χ1n) is 12.1. The summed E-state index contributed by atoms with van der Waals surface area (Å²) in [6, 6.07) is 0.634. The molecular weight excluding hydrogens is 380 g/mol. The first-order chi connectivity index (χ1) is 14.5. The fourth-order valence-electron chi connectivity index (χ4n) is 6.11. The summed E-state index contributed by atoms with van der Waals surface area (Å²) >= 11 is 0. The van der Waals surface area contributed by atoms with Crippen LogP contribution in [-0.4, -0.2) is 68.2 Å². The third-order valence-corrected chi connectivity index (χ3v) is 8.24. The van der Waals surface area contributed by atoms with E-state index in [1.165, 1.54) is 25.7 Å². The van der Waals surface area contributed by atoms with Gasteiger partial charge in [0.1, 0.15) is 0 Å². The van der Waals surface area contributed by atoms with Crippen molar-refractivity contribution >= 4 is 5.91 Å². The Kier molecular flexibility index (Phi) is 6.07. The number of nitrogens with one attached hydrogen (secondary N) is 5. The van der Waals surface area contributed by atoms with Crippen LogP contribution >= 0.6 is 0 Å². The summed E-state index contributed by atoms with van der Waals surface area (Å²) in [5, 5.41) is 10.6. The molecule has 1 amide bonds. The lowest BCUT2D eigenvalue weighted by molar-refractivity contribution is -0.166. The molecule has 6 atom stereocenters. The Morgan fingerprint density at radius 2 is 2.00 bits per heavy atom. The van der Waals surface area contributed by atoms with Crippen molar-refractivity contribution < 1.29 is 9.53 Å². The maximum absolute atomic E-state index is 13.1. The van der Waals surface area contributed by atoms with Crippen LogP contribution in [0.1, 0.15) is 58.3 Å². The Morgan fingerprint density at radius 1 is 1.17 bits per heavy atom. The highest BCUT2D eigenvalue weighted by molar-refractivity contribution is 5.82. The highest BCUT2D eigenvalue weighted by Gasteiger charge is 2.49.